The Morgan fingerprint density at radius 1 is 1.33 bits per heavy atom. The van der Waals surface area contributed by atoms with E-state index in [0.717, 1.165) is 18.4 Å². The van der Waals surface area contributed by atoms with Crippen molar-refractivity contribution < 1.29 is 5.11 Å². The van der Waals surface area contributed by atoms with Crippen LogP contribution >= 0.6 is 0 Å². The SMILES string of the molecule is CCC/C=C/c1ccccc1O. The Morgan fingerprint density at radius 2 is 2.08 bits per heavy atom. The van der Waals surface area contributed by atoms with Gasteiger partial charge >= 0.3 is 0 Å². The maximum Gasteiger partial charge on any atom is 0.122 e. The van der Waals surface area contributed by atoms with Crippen LogP contribution < -0.4 is 0 Å². The zero-order valence-corrected chi connectivity index (χ0v) is 7.33. The van der Waals surface area contributed by atoms with Gasteiger partial charge in [-0.1, -0.05) is 43.7 Å². The van der Waals surface area contributed by atoms with Gasteiger partial charge in [0.25, 0.3) is 0 Å². The lowest BCUT2D eigenvalue weighted by atomic mass is 10.1. The number of rotatable bonds is 3. The number of phenols is 1. The van der Waals surface area contributed by atoms with Crippen molar-refractivity contribution in [1.82, 2.24) is 0 Å². The van der Waals surface area contributed by atoms with Crippen molar-refractivity contribution in [3.63, 3.8) is 0 Å². The molecular weight excluding hydrogens is 148 g/mol. The monoisotopic (exact) mass is 162 g/mol. The molecule has 0 amide bonds. The maximum atomic E-state index is 9.36. The quantitative estimate of drug-likeness (QED) is 0.723. The molecule has 0 bridgehead atoms. The average Bonchev–Trinajstić information content (AvgIpc) is 2.09. The van der Waals surface area contributed by atoms with Gasteiger partial charge in [-0.25, -0.2) is 0 Å². The minimum absolute atomic E-state index is 0.352. The molecule has 0 spiro atoms. The fourth-order valence-corrected chi connectivity index (χ4v) is 1.01. The summed E-state index contributed by atoms with van der Waals surface area (Å²) < 4.78 is 0. The van der Waals surface area contributed by atoms with Crippen molar-refractivity contribution in [2.45, 2.75) is 19.8 Å². The summed E-state index contributed by atoms with van der Waals surface area (Å²) in [5.41, 5.74) is 0.894. The molecule has 0 saturated carbocycles. The number of allylic oxidation sites excluding steroid dienone is 1. The van der Waals surface area contributed by atoms with Crippen LogP contribution in [-0.2, 0) is 0 Å². The Kier molecular flexibility index (Phi) is 3.39. The van der Waals surface area contributed by atoms with E-state index in [1.165, 1.54) is 0 Å². The molecule has 1 aromatic carbocycles. The molecular formula is C11H14O. The highest BCUT2D eigenvalue weighted by Crippen LogP contribution is 2.17. The van der Waals surface area contributed by atoms with E-state index in [1.807, 2.05) is 24.3 Å². The molecule has 0 radical (unpaired) electrons. The van der Waals surface area contributed by atoms with Gasteiger partial charge in [-0.2, -0.15) is 0 Å². The van der Waals surface area contributed by atoms with Crippen molar-refractivity contribution in [2.24, 2.45) is 0 Å². The summed E-state index contributed by atoms with van der Waals surface area (Å²) in [4.78, 5) is 0. The zero-order valence-electron chi connectivity index (χ0n) is 7.33. The van der Waals surface area contributed by atoms with E-state index in [2.05, 4.69) is 13.0 Å². The largest absolute Gasteiger partial charge is 0.507 e. The molecule has 64 valence electrons. The van der Waals surface area contributed by atoms with Crippen molar-refractivity contribution in [3.05, 3.63) is 35.9 Å². The lowest BCUT2D eigenvalue weighted by Crippen LogP contribution is -1.72. The first-order valence-corrected chi connectivity index (χ1v) is 4.29. The number of phenolic OH excluding ortho intramolecular Hbond substituents is 1. The van der Waals surface area contributed by atoms with Gasteiger partial charge in [0, 0.05) is 5.56 Å². The number of aromatic hydroxyl groups is 1. The predicted octanol–water partition coefficient (Wildman–Crippen LogP) is 3.21. The summed E-state index contributed by atoms with van der Waals surface area (Å²) in [6.45, 7) is 2.13. The van der Waals surface area contributed by atoms with Crippen molar-refractivity contribution in [2.75, 3.05) is 0 Å². The van der Waals surface area contributed by atoms with Crippen molar-refractivity contribution in [3.8, 4) is 5.75 Å². The highest BCUT2D eigenvalue weighted by atomic mass is 16.3. The van der Waals surface area contributed by atoms with Crippen LogP contribution in [-0.4, -0.2) is 5.11 Å². The van der Waals surface area contributed by atoms with Gasteiger partial charge in [0.1, 0.15) is 5.75 Å². The number of unbranched alkanes of at least 4 members (excludes halogenated alkanes) is 1. The second-order valence-corrected chi connectivity index (χ2v) is 2.75. The zero-order chi connectivity index (χ0) is 8.81. The minimum Gasteiger partial charge on any atom is -0.507 e. The van der Waals surface area contributed by atoms with Gasteiger partial charge in [0.2, 0.25) is 0 Å². The van der Waals surface area contributed by atoms with Gasteiger partial charge in [0.05, 0.1) is 0 Å². The molecule has 0 aliphatic rings. The molecule has 0 aromatic heterocycles. The van der Waals surface area contributed by atoms with Crippen LogP contribution in [0.1, 0.15) is 25.3 Å². The van der Waals surface area contributed by atoms with E-state index >= 15 is 0 Å². The van der Waals surface area contributed by atoms with Gasteiger partial charge in [0.15, 0.2) is 0 Å². The van der Waals surface area contributed by atoms with E-state index in [4.69, 9.17) is 0 Å². The summed E-state index contributed by atoms with van der Waals surface area (Å²) in [5, 5.41) is 9.36. The third-order valence-corrected chi connectivity index (χ3v) is 1.69. The topological polar surface area (TPSA) is 20.2 Å². The number of benzene rings is 1. The summed E-state index contributed by atoms with van der Waals surface area (Å²) in [6, 6.07) is 7.35. The second-order valence-electron chi connectivity index (χ2n) is 2.75. The Balaban J connectivity index is 2.68. The van der Waals surface area contributed by atoms with Crippen molar-refractivity contribution in [1.29, 1.82) is 0 Å². The molecule has 1 heteroatoms. The van der Waals surface area contributed by atoms with E-state index < -0.39 is 0 Å². The molecule has 0 fully saturated rings. The Labute approximate surface area is 73.4 Å². The third kappa shape index (κ3) is 2.42. The third-order valence-electron chi connectivity index (χ3n) is 1.69. The molecule has 0 heterocycles. The number of hydrogen-bond donors (Lipinski definition) is 1. The van der Waals surface area contributed by atoms with Gasteiger partial charge < -0.3 is 5.11 Å². The fraction of sp³-hybridized carbons (Fsp3) is 0.273. The smallest absolute Gasteiger partial charge is 0.122 e. The summed E-state index contributed by atoms with van der Waals surface area (Å²) in [7, 11) is 0. The van der Waals surface area contributed by atoms with Crippen LogP contribution in [0.15, 0.2) is 30.3 Å². The van der Waals surface area contributed by atoms with Gasteiger partial charge in [-0.15, -0.1) is 0 Å². The van der Waals surface area contributed by atoms with E-state index in [1.54, 1.807) is 6.07 Å². The molecule has 0 aliphatic heterocycles. The van der Waals surface area contributed by atoms with Crippen LogP contribution in [0.4, 0.5) is 0 Å². The minimum atomic E-state index is 0.352. The lowest BCUT2D eigenvalue weighted by Gasteiger charge is -1.96. The van der Waals surface area contributed by atoms with E-state index in [9.17, 15) is 5.11 Å². The Bertz CT molecular complexity index is 263. The molecule has 1 aromatic rings. The Morgan fingerprint density at radius 3 is 2.75 bits per heavy atom. The first kappa shape index (κ1) is 8.85. The van der Waals surface area contributed by atoms with Gasteiger partial charge in [-0.05, 0) is 12.5 Å². The van der Waals surface area contributed by atoms with Crippen LogP contribution in [0.2, 0.25) is 0 Å². The molecule has 0 aliphatic carbocycles. The van der Waals surface area contributed by atoms with E-state index in [-0.39, 0.29) is 0 Å². The Hall–Kier alpha value is -1.24. The van der Waals surface area contributed by atoms with Crippen molar-refractivity contribution >= 4 is 6.08 Å². The normalized spacial score (nSPS) is 10.8. The molecule has 0 saturated heterocycles. The van der Waals surface area contributed by atoms with Gasteiger partial charge in [-0.3, -0.25) is 0 Å². The van der Waals surface area contributed by atoms with Crippen LogP contribution in [0.3, 0.4) is 0 Å². The van der Waals surface area contributed by atoms with Crippen LogP contribution in [0.25, 0.3) is 6.08 Å². The predicted molar refractivity (Wildman–Crippen MR) is 52.0 cm³/mol. The fourth-order valence-electron chi connectivity index (χ4n) is 1.01. The summed E-state index contributed by atoms with van der Waals surface area (Å²) >= 11 is 0. The second kappa shape index (κ2) is 4.60. The highest BCUT2D eigenvalue weighted by molar-refractivity contribution is 5.56. The molecule has 1 rings (SSSR count). The summed E-state index contributed by atoms with van der Waals surface area (Å²) in [5.74, 6) is 0.352. The number of hydrogen-bond acceptors (Lipinski definition) is 1. The molecule has 12 heavy (non-hydrogen) atoms. The maximum absolute atomic E-state index is 9.36. The standard InChI is InChI=1S/C11H14O/c1-2-3-4-7-10-8-5-6-9-11(10)12/h4-9,12H,2-3H2,1H3/b7-4+. The lowest BCUT2D eigenvalue weighted by molar-refractivity contribution is 0.474. The van der Waals surface area contributed by atoms with Crippen LogP contribution in [0.5, 0.6) is 5.75 Å². The molecule has 0 atom stereocenters. The number of para-hydroxylation sites is 1. The first-order chi connectivity index (χ1) is 5.84. The van der Waals surface area contributed by atoms with Crippen LogP contribution in [0, 0.1) is 0 Å². The summed E-state index contributed by atoms with van der Waals surface area (Å²) in [6.07, 6.45) is 6.24. The average molecular weight is 162 g/mol. The molecule has 1 nitrogen and oxygen atoms in total. The first-order valence-electron chi connectivity index (χ1n) is 4.29. The molecule has 0 unspecified atom stereocenters. The molecule has 1 N–H and O–H groups in total. The highest BCUT2D eigenvalue weighted by Gasteiger charge is 1.91. The van der Waals surface area contributed by atoms with E-state index in [0.29, 0.717) is 5.75 Å².